The van der Waals surface area contributed by atoms with E-state index in [9.17, 15) is 9.90 Å². The van der Waals surface area contributed by atoms with E-state index >= 15 is 0 Å². The largest absolute Gasteiger partial charge is 0.392 e. The summed E-state index contributed by atoms with van der Waals surface area (Å²) < 4.78 is 15.3. The minimum absolute atomic E-state index is 0.00876. The Morgan fingerprint density at radius 2 is 1.75 bits per heavy atom. The summed E-state index contributed by atoms with van der Waals surface area (Å²) in [6.07, 6.45) is 2.95. The Morgan fingerprint density at radius 1 is 1.00 bits per heavy atom. The van der Waals surface area contributed by atoms with Crippen LogP contribution in [0.1, 0.15) is 48.5 Å². The third-order valence-electron chi connectivity index (χ3n) is 7.24. The number of nitrogens with zero attached hydrogens (tertiary/aromatic N) is 2. The van der Waals surface area contributed by atoms with Crippen LogP contribution in [0.5, 0.6) is 0 Å². The molecule has 0 saturated carbocycles. The lowest BCUT2D eigenvalue weighted by Gasteiger charge is -2.41. The van der Waals surface area contributed by atoms with E-state index in [0.717, 1.165) is 44.3 Å². The van der Waals surface area contributed by atoms with Gasteiger partial charge in [0, 0.05) is 50.1 Å². The molecule has 7 nitrogen and oxygen atoms in total. The van der Waals surface area contributed by atoms with E-state index in [2.05, 4.69) is 41.5 Å². The number of carbonyl (C=O) groups is 1. The van der Waals surface area contributed by atoms with Crippen molar-refractivity contribution < 1.29 is 19.4 Å². The molecule has 208 valence electrons. The Morgan fingerprint density at radius 3 is 2.45 bits per heavy atom. The summed E-state index contributed by atoms with van der Waals surface area (Å²) in [4.78, 5) is 15.8. The van der Waals surface area contributed by atoms with E-state index < -0.39 is 6.29 Å². The van der Waals surface area contributed by atoms with E-state index in [-0.39, 0.29) is 30.6 Å². The van der Waals surface area contributed by atoms with Gasteiger partial charge in [-0.05, 0) is 39.9 Å². The maximum atomic E-state index is 11.4. The second-order valence-corrected chi connectivity index (χ2v) is 11.2. The van der Waals surface area contributed by atoms with Gasteiger partial charge in [-0.25, -0.2) is 4.98 Å². The van der Waals surface area contributed by atoms with E-state index in [1.165, 1.54) is 6.92 Å². The maximum absolute atomic E-state index is 11.4. The number of aliphatic hydroxyl groups is 1. The van der Waals surface area contributed by atoms with Gasteiger partial charge in [-0.15, -0.1) is 0 Å². The highest BCUT2D eigenvalue weighted by Crippen LogP contribution is 2.43. The molecule has 3 aromatic carbocycles. The number of ether oxygens (including phenoxy) is 2. The summed E-state index contributed by atoms with van der Waals surface area (Å²) in [5.41, 5.74) is 6.03. The number of nitrogens with one attached hydrogen (secondary N) is 1. The standard InChI is InChI=1S/C32H35N3O4S/c1-21-29(20-40-32-33-14-15-35(32)3)38-31(39-30(21)25-12-10-23(19-36)11-13-25)28-9-5-8-27(17-28)26-7-4-6-24(16-26)18-34-22(2)37/h4-17,21,29-31,36H,18-20H2,1-3H3,(H,34,37)/t21-,29+,30+,31+/m1/s1. The van der Waals surface area contributed by atoms with E-state index in [1.807, 2.05) is 72.5 Å². The number of rotatable bonds is 9. The van der Waals surface area contributed by atoms with Crippen LogP contribution in [0.4, 0.5) is 0 Å². The van der Waals surface area contributed by atoms with Gasteiger partial charge in [-0.3, -0.25) is 4.79 Å². The normalized spacial score (nSPS) is 20.8. The molecule has 2 heterocycles. The first kappa shape index (κ1) is 28.1. The molecule has 0 radical (unpaired) electrons. The van der Waals surface area contributed by atoms with Gasteiger partial charge >= 0.3 is 0 Å². The van der Waals surface area contributed by atoms with Crippen LogP contribution >= 0.6 is 11.8 Å². The van der Waals surface area contributed by atoms with Gasteiger partial charge in [0.2, 0.25) is 5.91 Å². The molecule has 1 aliphatic heterocycles. The Balaban J connectivity index is 1.42. The Bertz CT molecular complexity index is 1440. The summed E-state index contributed by atoms with van der Waals surface area (Å²) in [5, 5.41) is 13.3. The topological polar surface area (TPSA) is 85.6 Å². The molecule has 1 saturated heterocycles. The van der Waals surface area contributed by atoms with Crippen molar-refractivity contribution in [1.82, 2.24) is 14.9 Å². The van der Waals surface area contributed by atoms with Crippen LogP contribution in [-0.4, -0.2) is 32.4 Å². The van der Waals surface area contributed by atoms with Crippen LogP contribution in [0.3, 0.4) is 0 Å². The van der Waals surface area contributed by atoms with Crippen LogP contribution in [0.25, 0.3) is 11.1 Å². The quantitative estimate of drug-likeness (QED) is 0.253. The molecule has 0 aliphatic carbocycles. The number of hydrogen-bond acceptors (Lipinski definition) is 6. The number of imidazole rings is 1. The van der Waals surface area contributed by atoms with Gasteiger partial charge in [0.25, 0.3) is 0 Å². The molecule has 40 heavy (non-hydrogen) atoms. The molecular formula is C32H35N3O4S. The van der Waals surface area contributed by atoms with Crippen LogP contribution in [-0.2, 0) is 34.5 Å². The van der Waals surface area contributed by atoms with Crippen LogP contribution in [0.15, 0.2) is 90.3 Å². The van der Waals surface area contributed by atoms with Crippen LogP contribution < -0.4 is 5.32 Å². The number of carbonyl (C=O) groups excluding carboxylic acids is 1. The van der Waals surface area contributed by atoms with Crippen molar-refractivity contribution >= 4 is 17.7 Å². The van der Waals surface area contributed by atoms with E-state index in [4.69, 9.17) is 9.47 Å². The highest BCUT2D eigenvalue weighted by molar-refractivity contribution is 7.99. The van der Waals surface area contributed by atoms with Crippen molar-refractivity contribution in [3.63, 3.8) is 0 Å². The lowest BCUT2D eigenvalue weighted by atomic mass is 9.91. The minimum atomic E-state index is -0.548. The molecule has 4 aromatic rings. The van der Waals surface area contributed by atoms with E-state index in [0.29, 0.717) is 6.54 Å². The van der Waals surface area contributed by atoms with Gasteiger partial charge in [0.15, 0.2) is 11.4 Å². The van der Waals surface area contributed by atoms with Crippen molar-refractivity contribution in [2.24, 2.45) is 13.0 Å². The second kappa shape index (κ2) is 12.8. The molecule has 5 rings (SSSR count). The van der Waals surface area contributed by atoms with Gasteiger partial charge in [0.1, 0.15) is 0 Å². The first-order chi connectivity index (χ1) is 19.4. The van der Waals surface area contributed by atoms with Gasteiger partial charge in [0.05, 0.1) is 18.8 Å². The van der Waals surface area contributed by atoms with Crippen molar-refractivity contribution in [2.75, 3.05) is 5.75 Å². The maximum Gasteiger partial charge on any atom is 0.217 e. The summed E-state index contributed by atoms with van der Waals surface area (Å²) in [5.74, 6) is 0.782. The van der Waals surface area contributed by atoms with Gasteiger partial charge < -0.3 is 24.5 Å². The van der Waals surface area contributed by atoms with Crippen molar-refractivity contribution in [3.8, 4) is 11.1 Å². The summed E-state index contributed by atoms with van der Waals surface area (Å²) in [7, 11) is 1.99. The molecular weight excluding hydrogens is 522 g/mol. The highest BCUT2D eigenvalue weighted by atomic mass is 32.2. The van der Waals surface area contributed by atoms with Gasteiger partial charge in [-0.2, -0.15) is 0 Å². The monoisotopic (exact) mass is 557 g/mol. The molecule has 1 aliphatic rings. The number of hydrogen-bond donors (Lipinski definition) is 2. The Labute approximate surface area is 239 Å². The van der Waals surface area contributed by atoms with Gasteiger partial charge in [-0.1, -0.05) is 79.3 Å². The minimum Gasteiger partial charge on any atom is -0.392 e. The predicted molar refractivity (Wildman–Crippen MR) is 156 cm³/mol. The SMILES string of the molecule is CC(=O)NCc1cccc(-c2cccc([C@H]3O[C@@H](CSc4nccn4C)[C@@H](C)[C@@H](c4ccc(CO)cc4)O3)c2)c1. The van der Waals surface area contributed by atoms with Crippen molar-refractivity contribution in [2.45, 2.75) is 50.7 Å². The molecule has 2 N–H and O–H groups in total. The Hall–Kier alpha value is -3.43. The fourth-order valence-electron chi connectivity index (χ4n) is 4.91. The average Bonchev–Trinajstić information content (AvgIpc) is 3.40. The first-order valence-corrected chi connectivity index (χ1v) is 14.4. The molecule has 1 aromatic heterocycles. The molecule has 1 fully saturated rings. The molecule has 0 spiro atoms. The zero-order valence-corrected chi connectivity index (χ0v) is 23.8. The number of thioether (sulfide) groups is 1. The number of aliphatic hydroxyl groups excluding tert-OH is 1. The molecule has 0 bridgehead atoms. The number of amides is 1. The lowest BCUT2D eigenvalue weighted by molar-refractivity contribution is -0.268. The lowest BCUT2D eigenvalue weighted by Crippen LogP contribution is -2.38. The fourth-order valence-corrected chi connectivity index (χ4v) is 6.01. The summed E-state index contributed by atoms with van der Waals surface area (Å²) >= 11 is 1.68. The Kier molecular flexibility index (Phi) is 9.01. The summed E-state index contributed by atoms with van der Waals surface area (Å²) in [6.45, 7) is 4.19. The van der Waals surface area contributed by atoms with Crippen molar-refractivity contribution in [3.05, 3.63) is 107 Å². The zero-order valence-electron chi connectivity index (χ0n) is 23.0. The van der Waals surface area contributed by atoms with Crippen molar-refractivity contribution in [1.29, 1.82) is 0 Å². The van der Waals surface area contributed by atoms with Crippen LogP contribution in [0, 0.1) is 5.92 Å². The third-order valence-corrected chi connectivity index (χ3v) is 8.38. The number of aryl methyl sites for hydroxylation is 1. The average molecular weight is 558 g/mol. The molecule has 4 atom stereocenters. The summed E-state index contributed by atoms with van der Waals surface area (Å²) in [6, 6.07) is 24.4. The smallest absolute Gasteiger partial charge is 0.217 e. The second-order valence-electron chi connectivity index (χ2n) is 10.2. The van der Waals surface area contributed by atoms with Crippen LogP contribution in [0.2, 0.25) is 0 Å². The fraction of sp³-hybridized carbons (Fsp3) is 0.312. The molecule has 8 heteroatoms. The zero-order chi connectivity index (χ0) is 28.1. The third kappa shape index (κ3) is 6.64. The predicted octanol–water partition coefficient (Wildman–Crippen LogP) is 5.80. The molecule has 0 unspecified atom stereocenters. The molecule has 1 amide bonds. The first-order valence-electron chi connectivity index (χ1n) is 13.5. The number of aromatic nitrogens is 2. The highest BCUT2D eigenvalue weighted by Gasteiger charge is 2.38. The van der Waals surface area contributed by atoms with E-state index in [1.54, 1.807) is 11.8 Å². The number of benzene rings is 3.